The van der Waals surface area contributed by atoms with Crippen LogP contribution in [0.1, 0.15) is 5.56 Å². The quantitative estimate of drug-likeness (QED) is 0.270. The third-order valence-electron chi connectivity index (χ3n) is 7.65. The Kier molecular flexibility index (Phi) is 4.58. The smallest absolute Gasteiger partial charge is 0.136 e. The van der Waals surface area contributed by atoms with Gasteiger partial charge in [0.2, 0.25) is 0 Å². The second-order valence-corrected chi connectivity index (χ2v) is 9.97. The van der Waals surface area contributed by atoms with Gasteiger partial charge in [0.25, 0.3) is 0 Å². The maximum Gasteiger partial charge on any atom is 0.136 e. The summed E-state index contributed by atoms with van der Waals surface area (Å²) >= 11 is 0. The molecule has 180 valence electrons. The molecule has 1 atom stereocenters. The monoisotopic (exact) mass is 488 g/mol. The highest BCUT2D eigenvalue weighted by Crippen LogP contribution is 2.35. The van der Waals surface area contributed by atoms with E-state index in [1.165, 1.54) is 38.6 Å². The number of furan rings is 1. The van der Waals surface area contributed by atoms with Gasteiger partial charge in [-0.15, -0.1) is 0 Å². The van der Waals surface area contributed by atoms with Crippen molar-refractivity contribution in [2.75, 3.05) is 0 Å². The average molecular weight is 489 g/mol. The van der Waals surface area contributed by atoms with Crippen LogP contribution in [-0.2, 0) is 0 Å². The minimum atomic E-state index is 0.209. The number of hydrogen-bond donors (Lipinski definition) is 1. The first-order chi connectivity index (χ1) is 18.8. The number of hydrogen-bond acceptors (Lipinski definition) is 3. The molecule has 0 fully saturated rings. The Labute approximate surface area is 220 Å². The van der Waals surface area contributed by atoms with E-state index in [4.69, 9.17) is 4.42 Å². The van der Waals surface area contributed by atoms with Crippen molar-refractivity contribution in [1.82, 2.24) is 10.2 Å². The van der Waals surface area contributed by atoms with Crippen LogP contribution >= 0.6 is 0 Å². The van der Waals surface area contributed by atoms with E-state index in [9.17, 15) is 0 Å². The van der Waals surface area contributed by atoms with E-state index < -0.39 is 0 Å². The molecule has 3 nitrogen and oxygen atoms in total. The van der Waals surface area contributed by atoms with Crippen molar-refractivity contribution in [1.29, 1.82) is 0 Å². The predicted molar refractivity (Wildman–Crippen MR) is 157 cm³/mol. The lowest BCUT2D eigenvalue weighted by molar-refractivity contribution is 0.427. The van der Waals surface area contributed by atoms with E-state index >= 15 is 0 Å². The first-order valence-corrected chi connectivity index (χ1v) is 13.0. The molecular weight excluding hydrogens is 464 g/mol. The zero-order chi connectivity index (χ0) is 25.1. The maximum absolute atomic E-state index is 6.18. The number of fused-ring (bicyclic) bond motifs is 5. The van der Waals surface area contributed by atoms with Crippen molar-refractivity contribution in [2.24, 2.45) is 0 Å². The Morgan fingerprint density at radius 3 is 1.95 bits per heavy atom. The topological polar surface area (TPSA) is 28.4 Å². The second kappa shape index (κ2) is 8.25. The summed E-state index contributed by atoms with van der Waals surface area (Å²) in [6.07, 6.45) is 10.8. The summed E-state index contributed by atoms with van der Waals surface area (Å²) in [4.78, 5) is 2.19. The number of allylic oxidation sites excluding steroid dienone is 2. The van der Waals surface area contributed by atoms with E-state index in [0.717, 1.165) is 27.6 Å². The van der Waals surface area contributed by atoms with Gasteiger partial charge in [0.15, 0.2) is 0 Å². The lowest BCUT2D eigenvalue weighted by Crippen LogP contribution is -2.31. The highest BCUT2D eigenvalue weighted by atomic mass is 16.3. The van der Waals surface area contributed by atoms with Crippen LogP contribution in [0.15, 0.2) is 138 Å². The Morgan fingerprint density at radius 2 is 1.21 bits per heavy atom. The van der Waals surface area contributed by atoms with Crippen molar-refractivity contribution in [2.45, 2.75) is 6.17 Å². The van der Waals surface area contributed by atoms with E-state index in [2.05, 4.69) is 144 Å². The number of nitrogens with one attached hydrogen (secondary N) is 1. The molecule has 0 aliphatic carbocycles. The Bertz CT molecular complexity index is 1940. The lowest BCUT2D eigenvalue weighted by Gasteiger charge is -2.20. The second-order valence-electron chi connectivity index (χ2n) is 9.97. The van der Waals surface area contributed by atoms with Gasteiger partial charge in [0.05, 0.1) is 5.70 Å². The fraction of sp³-hybridized carbons (Fsp3) is 0.0286. The molecular formula is C35H24N2O. The van der Waals surface area contributed by atoms with Crippen LogP contribution in [0.5, 0.6) is 0 Å². The molecule has 0 saturated carbocycles. The molecule has 0 saturated heterocycles. The number of benzene rings is 5. The molecule has 3 heteroatoms. The third kappa shape index (κ3) is 3.44. The lowest BCUT2D eigenvalue weighted by atomic mass is 9.98. The van der Waals surface area contributed by atoms with Gasteiger partial charge in [-0.25, -0.2) is 0 Å². The molecule has 5 aromatic carbocycles. The molecule has 0 amide bonds. The summed E-state index contributed by atoms with van der Waals surface area (Å²) in [6, 6.07) is 36.9. The van der Waals surface area contributed by atoms with E-state index in [1.807, 2.05) is 0 Å². The Hall–Kier alpha value is -5.02. The predicted octanol–water partition coefficient (Wildman–Crippen LogP) is 8.69. The molecule has 1 aromatic heterocycles. The van der Waals surface area contributed by atoms with Gasteiger partial charge in [-0.2, -0.15) is 0 Å². The van der Waals surface area contributed by atoms with E-state index in [1.54, 1.807) is 0 Å². The van der Waals surface area contributed by atoms with E-state index in [-0.39, 0.29) is 6.17 Å². The zero-order valence-corrected chi connectivity index (χ0v) is 20.6. The molecule has 0 spiro atoms. The van der Waals surface area contributed by atoms with Crippen molar-refractivity contribution < 1.29 is 4.42 Å². The highest BCUT2D eigenvalue weighted by Gasteiger charge is 2.21. The van der Waals surface area contributed by atoms with Crippen LogP contribution < -0.4 is 5.32 Å². The van der Waals surface area contributed by atoms with Gasteiger partial charge in [0, 0.05) is 23.2 Å². The van der Waals surface area contributed by atoms with Gasteiger partial charge in [0.1, 0.15) is 17.3 Å². The van der Waals surface area contributed by atoms with Crippen LogP contribution in [0.25, 0.3) is 60.7 Å². The normalized spacial score (nSPS) is 16.3. The number of rotatable bonds is 3. The molecule has 8 rings (SSSR count). The molecule has 2 aliphatic heterocycles. The number of nitrogens with zero attached hydrogens (tertiary/aromatic N) is 1. The summed E-state index contributed by atoms with van der Waals surface area (Å²) < 4.78 is 6.18. The molecule has 0 bridgehead atoms. The SMILES string of the molecule is C1=CC2NC(c3ccc(-c4ccc(-c5ccc6oc7cc8ccccc8cc7c6c5)cc4)cc3)=CN2C=C1. The van der Waals surface area contributed by atoms with Gasteiger partial charge in [-0.05, 0) is 75.0 Å². The molecule has 6 aromatic rings. The maximum atomic E-state index is 6.18. The first-order valence-electron chi connectivity index (χ1n) is 13.0. The first kappa shape index (κ1) is 21.1. The van der Waals surface area contributed by atoms with Gasteiger partial charge in [-0.1, -0.05) is 84.9 Å². The largest absolute Gasteiger partial charge is 0.456 e. The standard InChI is InChI=1S/C35H24N2O/c1-2-6-28-21-34-31(19-27(28)5-1)30-20-29(16-17-33(30)38-34)25-10-8-23(9-11-25)24-12-14-26(15-13-24)32-22-37-18-4-3-7-35(37)36-32/h1-22,35-36H. The fourth-order valence-electron chi connectivity index (χ4n) is 5.60. The van der Waals surface area contributed by atoms with Gasteiger partial charge >= 0.3 is 0 Å². The summed E-state index contributed by atoms with van der Waals surface area (Å²) in [5.74, 6) is 0. The molecule has 38 heavy (non-hydrogen) atoms. The zero-order valence-electron chi connectivity index (χ0n) is 20.6. The van der Waals surface area contributed by atoms with Gasteiger partial charge < -0.3 is 14.6 Å². The van der Waals surface area contributed by atoms with Crippen molar-refractivity contribution in [3.8, 4) is 22.3 Å². The minimum Gasteiger partial charge on any atom is -0.456 e. The Balaban J connectivity index is 1.08. The molecule has 1 unspecified atom stereocenters. The fourth-order valence-corrected chi connectivity index (χ4v) is 5.60. The summed E-state index contributed by atoms with van der Waals surface area (Å²) in [7, 11) is 0. The van der Waals surface area contributed by atoms with Crippen LogP contribution in [-0.4, -0.2) is 11.1 Å². The minimum absolute atomic E-state index is 0.209. The summed E-state index contributed by atoms with van der Waals surface area (Å²) in [5, 5.41) is 8.31. The van der Waals surface area contributed by atoms with E-state index in [0.29, 0.717) is 0 Å². The molecule has 1 N–H and O–H groups in total. The van der Waals surface area contributed by atoms with Crippen molar-refractivity contribution in [3.63, 3.8) is 0 Å². The van der Waals surface area contributed by atoms with Crippen LogP contribution in [0, 0.1) is 0 Å². The van der Waals surface area contributed by atoms with Gasteiger partial charge in [-0.3, -0.25) is 0 Å². The average Bonchev–Trinajstić information content (AvgIpc) is 3.57. The summed E-state index contributed by atoms with van der Waals surface area (Å²) in [6.45, 7) is 0. The molecule has 3 heterocycles. The molecule has 2 aliphatic rings. The van der Waals surface area contributed by atoms with Crippen LogP contribution in [0.4, 0.5) is 0 Å². The van der Waals surface area contributed by atoms with Crippen molar-refractivity contribution >= 4 is 38.4 Å². The van der Waals surface area contributed by atoms with Crippen molar-refractivity contribution in [3.05, 3.63) is 139 Å². The highest BCUT2D eigenvalue weighted by molar-refractivity contribution is 6.11. The molecule has 0 radical (unpaired) electrons. The third-order valence-corrected chi connectivity index (χ3v) is 7.65. The van der Waals surface area contributed by atoms with Crippen LogP contribution in [0.3, 0.4) is 0 Å². The van der Waals surface area contributed by atoms with Crippen LogP contribution in [0.2, 0.25) is 0 Å². The Morgan fingerprint density at radius 1 is 0.579 bits per heavy atom. The summed E-state index contributed by atoms with van der Waals surface area (Å²) in [5.41, 5.74) is 8.98.